The van der Waals surface area contributed by atoms with Crippen LogP contribution in [0.1, 0.15) is 22.3 Å². The van der Waals surface area contributed by atoms with Gasteiger partial charge in [0.2, 0.25) is 0 Å². The highest BCUT2D eigenvalue weighted by molar-refractivity contribution is 6.32. The van der Waals surface area contributed by atoms with E-state index in [0.29, 0.717) is 53.0 Å². The normalized spacial score (nSPS) is 10.6. The van der Waals surface area contributed by atoms with E-state index >= 15 is 0 Å². The number of methoxy groups -OCH3 is 1. The second kappa shape index (κ2) is 11.6. The highest BCUT2D eigenvalue weighted by atomic mass is 35.5. The van der Waals surface area contributed by atoms with Crippen molar-refractivity contribution in [2.24, 2.45) is 5.10 Å². The van der Waals surface area contributed by atoms with E-state index in [4.69, 9.17) is 25.8 Å². The maximum absolute atomic E-state index is 12.1. The van der Waals surface area contributed by atoms with Gasteiger partial charge in [-0.2, -0.15) is 5.10 Å². The number of amides is 1. The monoisotopic (exact) mass is 439 g/mol. The first kappa shape index (κ1) is 22.1. The van der Waals surface area contributed by atoms with Crippen LogP contribution >= 0.6 is 11.6 Å². The molecule has 0 fully saturated rings. The smallest absolute Gasteiger partial charge is 0.271 e. The number of carbonyl (C=O) groups is 1. The zero-order chi connectivity index (χ0) is 21.9. The summed E-state index contributed by atoms with van der Waals surface area (Å²) >= 11 is 6.08. The summed E-state index contributed by atoms with van der Waals surface area (Å²) < 4.78 is 17.0. The van der Waals surface area contributed by atoms with Crippen molar-refractivity contribution >= 4 is 23.7 Å². The van der Waals surface area contributed by atoms with Crippen molar-refractivity contribution in [3.8, 4) is 17.2 Å². The molecule has 0 radical (unpaired) electrons. The van der Waals surface area contributed by atoms with Crippen LogP contribution in [0.5, 0.6) is 17.2 Å². The number of hydrogen-bond acceptors (Lipinski definition) is 6. The molecule has 0 saturated heterocycles. The van der Waals surface area contributed by atoms with Gasteiger partial charge in [0.15, 0.2) is 11.5 Å². The first-order chi connectivity index (χ1) is 15.2. The molecule has 3 rings (SSSR count). The minimum absolute atomic E-state index is 0.333. The molecule has 0 unspecified atom stereocenters. The third-order valence-corrected chi connectivity index (χ3v) is 4.48. The van der Waals surface area contributed by atoms with E-state index in [1.165, 1.54) is 6.21 Å². The lowest BCUT2D eigenvalue weighted by Crippen LogP contribution is -2.17. The summed E-state index contributed by atoms with van der Waals surface area (Å²) in [6.07, 6.45) is 5.24. The number of aromatic nitrogens is 1. The molecular weight excluding hydrogens is 418 g/mol. The lowest BCUT2D eigenvalue weighted by atomic mass is 10.2. The lowest BCUT2D eigenvalue weighted by Gasteiger charge is -2.13. The van der Waals surface area contributed by atoms with Crippen LogP contribution in [0.2, 0.25) is 5.02 Å². The zero-order valence-corrected chi connectivity index (χ0v) is 17.7. The number of benzene rings is 2. The molecule has 31 heavy (non-hydrogen) atoms. The molecule has 0 aliphatic carbocycles. The Kier molecular flexibility index (Phi) is 8.25. The number of hydrazone groups is 1. The Hall–Kier alpha value is -3.58. The summed E-state index contributed by atoms with van der Waals surface area (Å²) in [7, 11) is 1.56. The van der Waals surface area contributed by atoms with Gasteiger partial charge in [0.25, 0.3) is 5.91 Å². The molecule has 0 bridgehead atoms. The van der Waals surface area contributed by atoms with E-state index in [-0.39, 0.29) is 5.91 Å². The number of halogens is 1. The third kappa shape index (κ3) is 6.45. The van der Waals surface area contributed by atoms with Gasteiger partial charge in [-0.3, -0.25) is 9.78 Å². The summed E-state index contributed by atoms with van der Waals surface area (Å²) in [5.74, 6) is 1.40. The minimum Gasteiger partial charge on any atom is -0.493 e. The van der Waals surface area contributed by atoms with Gasteiger partial charge in [0.05, 0.1) is 31.6 Å². The number of rotatable bonds is 10. The van der Waals surface area contributed by atoms with Crippen molar-refractivity contribution in [1.29, 1.82) is 0 Å². The molecule has 0 saturated carbocycles. The second-order valence-corrected chi connectivity index (χ2v) is 6.70. The van der Waals surface area contributed by atoms with Crippen molar-refractivity contribution in [3.05, 3.63) is 83.1 Å². The van der Waals surface area contributed by atoms with Crippen LogP contribution in [0.15, 0.2) is 72.1 Å². The Morgan fingerprint density at radius 1 is 1.03 bits per heavy atom. The Morgan fingerprint density at radius 3 is 2.55 bits per heavy atom. The van der Waals surface area contributed by atoms with Crippen LogP contribution in [0, 0.1) is 0 Å². The molecule has 1 N–H and O–H groups in total. The molecule has 1 heterocycles. The molecule has 7 nitrogen and oxygen atoms in total. The molecule has 2 aromatic carbocycles. The molecule has 3 aromatic rings. The summed E-state index contributed by atoms with van der Waals surface area (Å²) in [4.78, 5) is 16.0. The molecule has 160 valence electrons. The molecule has 0 spiro atoms. The number of hydrogen-bond donors (Lipinski definition) is 1. The van der Waals surface area contributed by atoms with Gasteiger partial charge in [-0.15, -0.1) is 0 Å². The van der Waals surface area contributed by atoms with Gasteiger partial charge in [-0.05, 0) is 36.4 Å². The third-order valence-electron chi connectivity index (χ3n) is 4.17. The maximum Gasteiger partial charge on any atom is 0.271 e. The van der Waals surface area contributed by atoms with E-state index in [2.05, 4.69) is 15.5 Å². The number of nitrogens with one attached hydrogen (secondary N) is 1. The Labute approximate surface area is 185 Å². The van der Waals surface area contributed by atoms with Crippen molar-refractivity contribution in [3.63, 3.8) is 0 Å². The zero-order valence-electron chi connectivity index (χ0n) is 17.0. The number of pyridine rings is 1. The van der Waals surface area contributed by atoms with E-state index in [1.807, 2.05) is 30.3 Å². The molecule has 8 heteroatoms. The van der Waals surface area contributed by atoms with Crippen LogP contribution in [0.4, 0.5) is 0 Å². The van der Waals surface area contributed by atoms with Crippen molar-refractivity contribution in [2.45, 2.75) is 6.42 Å². The predicted octanol–water partition coefficient (Wildman–Crippen LogP) is 4.36. The average molecular weight is 440 g/mol. The largest absolute Gasteiger partial charge is 0.493 e. The first-order valence-corrected chi connectivity index (χ1v) is 9.97. The van der Waals surface area contributed by atoms with Crippen molar-refractivity contribution < 1.29 is 19.0 Å². The fourth-order valence-electron chi connectivity index (χ4n) is 2.66. The minimum atomic E-state index is -0.333. The highest BCUT2D eigenvalue weighted by Crippen LogP contribution is 2.30. The summed E-state index contributed by atoms with van der Waals surface area (Å²) in [5.41, 5.74) is 3.62. The summed E-state index contributed by atoms with van der Waals surface area (Å²) in [5, 5.41) is 4.60. The SMILES string of the molecule is COc1cccc(/C=N\NC(=O)c2ccncc2)c1OCCCOc1ccccc1Cl. The molecule has 0 atom stereocenters. The Balaban J connectivity index is 1.57. The Morgan fingerprint density at radius 2 is 1.77 bits per heavy atom. The molecule has 1 amide bonds. The van der Waals surface area contributed by atoms with Gasteiger partial charge in [-0.1, -0.05) is 29.8 Å². The van der Waals surface area contributed by atoms with Gasteiger partial charge in [0, 0.05) is 29.9 Å². The van der Waals surface area contributed by atoms with Gasteiger partial charge in [-0.25, -0.2) is 5.43 Å². The Bertz CT molecular complexity index is 1030. The first-order valence-electron chi connectivity index (χ1n) is 9.59. The van der Waals surface area contributed by atoms with E-state index < -0.39 is 0 Å². The fraction of sp³-hybridized carbons (Fsp3) is 0.174. The van der Waals surface area contributed by atoms with E-state index in [0.717, 1.165) is 0 Å². The van der Waals surface area contributed by atoms with Crippen molar-refractivity contribution in [1.82, 2.24) is 10.4 Å². The van der Waals surface area contributed by atoms with Crippen LogP contribution < -0.4 is 19.6 Å². The predicted molar refractivity (Wildman–Crippen MR) is 119 cm³/mol. The van der Waals surface area contributed by atoms with Crippen LogP contribution in [0.25, 0.3) is 0 Å². The number of nitrogens with zero attached hydrogens (tertiary/aromatic N) is 2. The second-order valence-electron chi connectivity index (χ2n) is 6.29. The molecule has 1 aromatic heterocycles. The summed E-state index contributed by atoms with van der Waals surface area (Å²) in [6, 6.07) is 16.0. The van der Waals surface area contributed by atoms with Crippen LogP contribution in [-0.2, 0) is 0 Å². The summed E-state index contributed by atoms with van der Waals surface area (Å²) in [6.45, 7) is 0.847. The lowest BCUT2D eigenvalue weighted by molar-refractivity contribution is 0.0955. The number of carbonyl (C=O) groups excluding carboxylic acids is 1. The fourth-order valence-corrected chi connectivity index (χ4v) is 2.85. The number of ether oxygens (including phenoxy) is 3. The van der Waals surface area contributed by atoms with Crippen LogP contribution in [0.3, 0.4) is 0 Å². The van der Waals surface area contributed by atoms with Crippen LogP contribution in [-0.4, -0.2) is 37.4 Å². The standard InChI is InChI=1S/C23H22ClN3O4/c1-29-21-9-4-6-18(16-26-27-23(28)17-10-12-25-13-11-17)22(21)31-15-5-14-30-20-8-3-2-7-19(20)24/h2-4,6-13,16H,5,14-15H2,1H3,(H,27,28)/b26-16-. The topological polar surface area (TPSA) is 82.0 Å². The molecular formula is C23H22ClN3O4. The average Bonchev–Trinajstić information content (AvgIpc) is 2.81. The maximum atomic E-state index is 12.1. The molecule has 0 aliphatic rings. The van der Waals surface area contributed by atoms with E-state index in [1.54, 1.807) is 43.8 Å². The van der Waals surface area contributed by atoms with Crippen molar-refractivity contribution in [2.75, 3.05) is 20.3 Å². The quantitative estimate of drug-likeness (QED) is 0.288. The van der Waals surface area contributed by atoms with E-state index in [9.17, 15) is 4.79 Å². The van der Waals surface area contributed by atoms with Gasteiger partial charge >= 0.3 is 0 Å². The van der Waals surface area contributed by atoms with Gasteiger partial charge < -0.3 is 14.2 Å². The number of para-hydroxylation sites is 2. The highest BCUT2D eigenvalue weighted by Gasteiger charge is 2.10. The van der Waals surface area contributed by atoms with Gasteiger partial charge in [0.1, 0.15) is 5.75 Å². The molecule has 0 aliphatic heterocycles.